The predicted molar refractivity (Wildman–Crippen MR) is 422 cm³/mol. The SMILES string of the molecule is C#CC(=O)OC(C)C.CC(C)OC(=O)/C=C\n1cccc1-c1cc(C(F)(F)F)cc(C(F)(F)F)c1.Cl.FC(F)(F)c1cc(-c2ccc[nH]2)cc(C(F)(F)F)c1.FC(F)(F)c1cc(Br)cc(C(F)(F)F)c1.FC1(F)CNC1.O=C(/C=C\n1cccc1-c1cc(C(F)(F)F)cc(C(F)(F)F)c1)N1CC(F)(F)C1.O=C(O)/C=C\n1cccc1-c1cc(C(F)(F)F)cc(C(F)(F)F)c1.c1cc[nH]c1. The van der Waals surface area contributed by atoms with Crippen LogP contribution in [-0.2, 0) is 90.4 Å². The Morgan fingerprint density at radius 3 is 0.910 bits per heavy atom. The summed E-state index contributed by atoms with van der Waals surface area (Å²) >= 11 is 2.60. The van der Waals surface area contributed by atoms with Crippen LogP contribution in [0.15, 0.2) is 212 Å². The van der Waals surface area contributed by atoms with Crippen molar-refractivity contribution in [2.24, 2.45) is 0 Å². The fourth-order valence-electron chi connectivity index (χ4n) is 10.5. The molecule has 2 fully saturated rings. The van der Waals surface area contributed by atoms with Gasteiger partial charge < -0.3 is 48.5 Å². The van der Waals surface area contributed by atoms with Crippen LogP contribution in [0.1, 0.15) is 83.3 Å². The van der Waals surface area contributed by atoms with Gasteiger partial charge in [0.25, 0.3) is 11.8 Å². The number of carboxylic acids is 1. The van der Waals surface area contributed by atoms with Crippen molar-refractivity contribution >= 4 is 70.8 Å². The number of H-pyrrole nitrogens is 2. The van der Waals surface area contributed by atoms with E-state index in [0.717, 1.165) is 38.6 Å². The fraction of sp³-hybridized carbons (Fsp3) is 0.262. The summed E-state index contributed by atoms with van der Waals surface area (Å²) in [6.07, 6.45) is -29.7. The number of hydrogen-bond donors (Lipinski definition) is 4. The number of carbonyl (C=O) groups excluding carboxylic acids is 3. The second kappa shape index (κ2) is 46.0. The van der Waals surface area contributed by atoms with Crippen LogP contribution in [0.4, 0.5) is 149 Å². The number of hydrogen-bond acceptors (Lipinski definition) is 7. The van der Waals surface area contributed by atoms with E-state index in [9.17, 15) is 168 Å². The van der Waals surface area contributed by atoms with Crippen molar-refractivity contribution in [2.75, 3.05) is 26.2 Å². The summed E-state index contributed by atoms with van der Waals surface area (Å²) in [5, 5.41) is 11.0. The van der Waals surface area contributed by atoms with Gasteiger partial charge in [0.1, 0.15) is 0 Å². The molecule has 0 bridgehead atoms. The van der Waals surface area contributed by atoms with E-state index in [0.29, 0.717) is 66.7 Å². The van der Waals surface area contributed by atoms with Gasteiger partial charge in [-0.1, -0.05) is 15.9 Å². The first kappa shape index (κ1) is 114. The lowest BCUT2D eigenvalue weighted by atomic mass is 10.0. The molecule has 7 heterocycles. The Balaban J connectivity index is 0.000000336. The van der Waals surface area contributed by atoms with Gasteiger partial charge in [0.2, 0.25) is 5.91 Å². The van der Waals surface area contributed by atoms with E-state index in [-0.39, 0.29) is 118 Å². The number of aromatic amines is 2. The van der Waals surface area contributed by atoms with Gasteiger partial charge in [0, 0.05) is 90.1 Å². The minimum atomic E-state index is -5.00. The highest BCUT2D eigenvalue weighted by atomic mass is 79.9. The largest absolute Gasteiger partial charge is 0.478 e. The first-order valence-corrected chi connectivity index (χ1v) is 37.3. The molecule has 1 amide bonds. The molecule has 14 nitrogen and oxygen atoms in total. The molecule has 730 valence electrons. The number of nitrogens with zero attached hydrogens (tertiary/aromatic N) is 4. The Bertz CT molecular complexity index is 5460. The van der Waals surface area contributed by atoms with Crippen molar-refractivity contribution in [3.05, 3.63) is 267 Å². The van der Waals surface area contributed by atoms with Gasteiger partial charge in [-0.2, -0.15) is 132 Å². The van der Waals surface area contributed by atoms with Crippen molar-refractivity contribution in [1.82, 2.24) is 33.9 Å². The van der Waals surface area contributed by atoms with Crippen molar-refractivity contribution in [1.29, 1.82) is 0 Å². The summed E-state index contributed by atoms with van der Waals surface area (Å²) in [6, 6.07) is 21.2. The molecule has 2 aliphatic heterocycles. The monoisotopic (exact) mass is 2040 g/mol. The molecule has 0 radical (unpaired) electrons. The van der Waals surface area contributed by atoms with Crippen LogP contribution in [0.2, 0.25) is 0 Å². The molecule has 4 N–H and O–H groups in total. The molecular weight excluding hydrogens is 1980 g/mol. The summed E-state index contributed by atoms with van der Waals surface area (Å²) in [6.45, 7) is 4.99. The van der Waals surface area contributed by atoms with E-state index < -0.39 is 166 Å². The van der Waals surface area contributed by atoms with Gasteiger partial charge in [0.15, 0.2) is 0 Å². The maximum absolute atomic E-state index is 13.0. The molecule has 0 saturated carbocycles. The molecule has 134 heavy (non-hydrogen) atoms. The standard InChI is InChI=1S/C18H12F8N2O.C18H15F6NO2.C15H9F6NO2.C12H7F6N.C8H3BrF6.C6H8O2.C4H5N.C3H5F2N.ClH/c19-16(20)9-28(10-16)15(29)3-5-27-4-1-2-14(27)11-6-12(17(21,22)23)8-13(7-11)18(24,25)26;1-11(2)27-16(26)5-7-25-6-3-4-15(25)12-8-13(17(19,20)21)10-14(9-12)18(22,23)24;16-14(17,18)10-6-9(7-11(8-10)15(19,20)21)12-2-1-4-22(12)5-3-13(23)24;13-11(14,15)8-4-7(10-2-1-3-19-10)5-9(6-8)12(16,17)18;9-6-2-4(7(10,11)12)1-5(3-6)8(13,14)15;1-4-6(7)8-5(2)3;1-2-4-5-3-1;4-3(5)1-6-2-3;/h1-8H,9-10H2;3-11H,1-2H3;1-8H,(H,23,24);1-6,19H;1-3H;1,5H,2-3H3;1-5H;6H,1-2H2;1H/b5-3-;7-5-;5-3-;;;;;;. The van der Waals surface area contributed by atoms with Crippen molar-refractivity contribution in [2.45, 2.75) is 114 Å². The number of likely N-dealkylation sites (tertiary alicyclic amines) is 1. The smallest absolute Gasteiger partial charge is 0.416 e. The number of halogens is 36. The third-order valence-electron chi connectivity index (χ3n) is 16.4. The van der Waals surface area contributed by atoms with Gasteiger partial charge in [-0.3, -0.25) is 4.79 Å². The lowest BCUT2D eigenvalue weighted by Crippen LogP contribution is -2.58. The maximum Gasteiger partial charge on any atom is 0.416 e. The molecule has 0 atom stereocenters. The number of benzene rings is 5. The average molecular weight is 2050 g/mol. The highest BCUT2D eigenvalue weighted by molar-refractivity contribution is 9.10. The number of nitrogens with one attached hydrogen (secondary N) is 3. The van der Waals surface area contributed by atoms with Gasteiger partial charge in [-0.15, -0.1) is 18.8 Å². The summed E-state index contributed by atoms with van der Waals surface area (Å²) < 4.78 is 443. The van der Waals surface area contributed by atoms with Crippen LogP contribution in [0.25, 0.3) is 63.6 Å². The quantitative estimate of drug-likeness (QED) is 0.0308. The molecule has 2 aliphatic rings. The van der Waals surface area contributed by atoms with Crippen LogP contribution in [0, 0.1) is 12.3 Å². The van der Waals surface area contributed by atoms with E-state index in [4.69, 9.17) is 16.3 Å². The van der Waals surface area contributed by atoms with Gasteiger partial charge in [-0.25, -0.2) is 31.9 Å². The number of alkyl halides is 34. The zero-order chi connectivity index (χ0) is 101. The van der Waals surface area contributed by atoms with Gasteiger partial charge in [0.05, 0.1) is 111 Å². The molecule has 2 saturated heterocycles. The molecule has 0 unspecified atom stereocenters. The summed E-state index contributed by atoms with van der Waals surface area (Å²) in [5.41, 5.74) is -14.9. The number of esters is 2. The number of aliphatic carboxylic acids is 1. The maximum atomic E-state index is 13.0. The third-order valence-corrected chi connectivity index (χ3v) is 16.9. The Hall–Kier alpha value is -12.5. The van der Waals surface area contributed by atoms with E-state index in [2.05, 4.69) is 36.0 Å². The number of carbonyl (C=O) groups is 4. The number of amides is 1. The highest BCUT2D eigenvalue weighted by Crippen LogP contribution is 2.45. The minimum absolute atomic E-state index is 0. The van der Waals surface area contributed by atoms with Gasteiger partial charge >= 0.3 is 79.7 Å². The summed E-state index contributed by atoms with van der Waals surface area (Å²) in [4.78, 5) is 50.3. The molecule has 0 spiro atoms. The Kier molecular flexibility index (Phi) is 39.0. The fourth-order valence-corrected chi connectivity index (χ4v) is 11.0. The first-order valence-electron chi connectivity index (χ1n) is 36.5. The molecule has 5 aromatic heterocycles. The summed E-state index contributed by atoms with van der Waals surface area (Å²) in [7, 11) is 0. The molecule has 50 heteroatoms. The Morgan fingerprint density at radius 1 is 0.403 bits per heavy atom. The lowest BCUT2D eigenvalue weighted by Gasteiger charge is -2.37. The van der Waals surface area contributed by atoms with Crippen LogP contribution >= 0.6 is 28.3 Å². The number of rotatable bonds is 12. The predicted octanol–water partition coefficient (Wildman–Crippen LogP) is 26.9. The van der Waals surface area contributed by atoms with Crippen LogP contribution in [0.3, 0.4) is 0 Å². The lowest BCUT2D eigenvalue weighted by molar-refractivity contribution is -0.160. The van der Waals surface area contributed by atoms with Crippen molar-refractivity contribution in [3.8, 4) is 57.4 Å². The van der Waals surface area contributed by atoms with Crippen molar-refractivity contribution in [3.63, 3.8) is 0 Å². The Labute approximate surface area is 749 Å². The second-order valence-electron chi connectivity index (χ2n) is 27.7. The number of carboxylic acid groups (broad SMARTS) is 1. The molecule has 10 aromatic rings. The van der Waals surface area contributed by atoms with E-state index in [1.165, 1.54) is 84.1 Å². The minimum Gasteiger partial charge on any atom is -0.478 e. The number of aromatic nitrogens is 5. The van der Waals surface area contributed by atoms with E-state index >= 15 is 0 Å². The van der Waals surface area contributed by atoms with E-state index in [1.54, 1.807) is 27.7 Å². The Morgan fingerprint density at radius 2 is 0.687 bits per heavy atom. The van der Waals surface area contributed by atoms with Crippen LogP contribution in [-0.4, -0.2) is 108 Å². The zero-order valence-electron chi connectivity index (χ0n) is 67.7. The second-order valence-corrected chi connectivity index (χ2v) is 28.6. The topological polar surface area (TPSA) is 169 Å². The number of ether oxygens (including phenoxy) is 2. The number of terminal acetylenes is 1. The van der Waals surface area contributed by atoms with E-state index in [1.807, 2.05) is 30.4 Å². The zero-order valence-corrected chi connectivity index (χ0v) is 70.1. The van der Waals surface area contributed by atoms with Crippen LogP contribution in [0.5, 0.6) is 0 Å². The summed E-state index contributed by atoms with van der Waals surface area (Å²) in [5.74, 6) is -6.87. The van der Waals surface area contributed by atoms with Crippen molar-refractivity contribution < 1.29 is 183 Å². The molecular formula is C84H65BrClF34N7O7. The molecule has 5 aromatic carbocycles. The van der Waals surface area contributed by atoms with Gasteiger partial charge in [-0.05, 0) is 202 Å². The third kappa shape index (κ3) is 37.2. The normalized spacial score (nSPS) is 13.9. The first-order chi connectivity index (χ1) is 60.8. The molecule has 0 aliphatic carbocycles. The highest BCUT2D eigenvalue weighted by Gasteiger charge is 2.47. The van der Waals surface area contributed by atoms with Crippen LogP contribution < -0.4 is 5.32 Å². The molecule has 12 rings (SSSR count). The average Bonchev–Trinajstić information content (AvgIpc) is 1.47.